The van der Waals surface area contributed by atoms with Gasteiger partial charge in [0.2, 0.25) is 0 Å². The first-order valence-corrected chi connectivity index (χ1v) is 11.8. The number of hydrogen-bond acceptors (Lipinski definition) is 4. The van der Waals surface area contributed by atoms with Gasteiger partial charge in [0, 0.05) is 50.5 Å². The molecule has 1 saturated heterocycles. The Morgan fingerprint density at radius 2 is 1.66 bits per heavy atom. The lowest BCUT2D eigenvalue weighted by Crippen LogP contribution is -2.58. The highest BCUT2D eigenvalue weighted by atomic mass is 19.4. The number of ether oxygens (including phenoxy) is 1. The Hall–Kier alpha value is -3.45. The van der Waals surface area contributed by atoms with Crippen molar-refractivity contribution in [2.75, 3.05) is 7.11 Å². The maximum atomic E-state index is 13.4. The number of methoxy groups -OCH3 is 1. The van der Waals surface area contributed by atoms with Crippen LogP contribution in [0.3, 0.4) is 0 Å². The summed E-state index contributed by atoms with van der Waals surface area (Å²) in [6.07, 6.45) is -8.21. The van der Waals surface area contributed by atoms with Crippen molar-refractivity contribution in [1.82, 2.24) is 19.4 Å². The van der Waals surface area contributed by atoms with Gasteiger partial charge in [-0.2, -0.15) is 26.3 Å². The first-order valence-electron chi connectivity index (χ1n) is 11.8. The smallest absolute Gasteiger partial charge is 0.416 e. The Morgan fingerprint density at radius 1 is 1.08 bits per heavy atom. The van der Waals surface area contributed by atoms with Crippen molar-refractivity contribution >= 4 is 12.2 Å². The molecule has 2 amide bonds. The van der Waals surface area contributed by atoms with E-state index in [1.165, 1.54) is 4.90 Å². The summed E-state index contributed by atoms with van der Waals surface area (Å²) in [5, 5.41) is 9.92. The van der Waals surface area contributed by atoms with Gasteiger partial charge in [-0.3, -0.25) is 0 Å². The molecule has 14 heteroatoms. The third-order valence-corrected chi connectivity index (χ3v) is 6.76. The molecule has 0 radical (unpaired) electrons. The third-order valence-electron chi connectivity index (χ3n) is 6.76. The van der Waals surface area contributed by atoms with E-state index < -0.39 is 60.3 Å². The number of hydrogen-bond donors (Lipinski definition) is 1. The zero-order chi connectivity index (χ0) is 28.4. The first-order chi connectivity index (χ1) is 17.6. The number of carbonyl (C=O) groups is 2. The van der Waals surface area contributed by atoms with E-state index in [-0.39, 0.29) is 30.9 Å². The fourth-order valence-electron chi connectivity index (χ4n) is 4.93. The molecule has 0 saturated carbocycles. The standard InChI is InChI=1S/C24H28F6N4O4/c1-4-17-10-18(11-19(34(17)21(35)36)12-20-31-5-6-32(20)2)33(22(37)38-3)13-14-7-15(23(25,26)27)9-16(8-14)24(28,29)30/h5-9,17-19H,4,10-13H2,1-3H3,(H,35,36). The minimum atomic E-state index is -5.04. The van der Waals surface area contributed by atoms with Crippen LogP contribution in [0, 0.1) is 0 Å². The topological polar surface area (TPSA) is 87.9 Å². The van der Waals surface area contributed by atoms with E-state index in [1.807, 2.05) is 0 Å². The highest BCUT2D eigenvalue weighted by molar-refractivity contribution is 5.69. The van der Waals surface area contributed by atoms with Crippen LogP contribution in [-0.2, 0) is 37.1 Å². The number of nitrogens with zero attached hydrogens (tertiary/aromatic N) is 4. The monoisotopic (exact) mass is 550 g/mol. The van der Waals surface area contributed by atoms with Crippen molar-refractivity contribution in [3.05, 3.63) is 53.1 Å². The molecule has 1 fully saturated rings. The number of likely N-dealkylation sites (tertiary alicyclic amines) is 1. The molecule has 1 N–H and O–H groups in total. The number of amides is 2. The molecule has 1 aliphatic rings. The molecule has 2 heterocycles. The molecule has 1 aromatic carbocycles. The highest BCUT2D eigenvalue weighted by Gasteiger charge is 2.42. The second-order valence-corrected chi connectivity index (χ2v) is 9.20. The normalized spacial score (nSPS) is 20.3. The SMILES string of the molecule is CCC1CC(N(Cc2cc(C(F)(F)F)cc(C(F)(F)F)c2)C(=O)OC)CC(Cc2nccn2C)N1C(=O)O. The van der Waals surface area contributed by atoms with Crippen LogP contribution in [0.1, 0.15) is 48.7 Å². The van der Waals surface area contributed by atoms with E-state index in [2.05, 4.69) is 4.98 Å². The van der Waals surface area contributed by atoms with Crippen molar-refractivity contribution in [3.8, 4) is 0 Å². The molecule has 3 rings (SSSR count). The number of piperidine rings is 1. The predicted octanol–water partition coefficient (Wildman–Crippen LogP) is 5.56. The number of carbonyl (C=O) groups excluding carboxylic acids is 1. The van der Waals surface area contributed by atoms with Crippen molar-refractivity contribution in [2.24, 2.45) is 7.05 Å². The van der Waals surface area contributed by atoms with Crippen LogP contribution in [-0.4, -0.2) is 61.9 Å². The van der Waals surface area contributed by atoms with Crippen LogP contribution in [0.4, 0.5) is 35.9 Å². The van der Waals surface area contributed by atoms with Gasteiger partial charge in [0.05, 0.1) is 18.2 Å². The number of carboxylic acid groups (broad SMARTS) is 1. The van der Waals surface area contributed by atoms with Crippen LogP contribution < -0.4 is 0 Å². The second-order valence-electron chi connectivity index (χ2n) is 9.20. The van der Waals surface area contributed by atoms with Gasteiger partial charge in [-0.1, -0.05) is 6.92 Å². The van der Waals surface area contributed by atoms with E-state index in [0.29, 0.717) is 24.4 Å². The van der Waals surface area contributed by atoms with Crippen molar-refractivity contribution in [2.45, 2.75) is 69.6 Å². The van der Waals surface area contributed by atoms with Crippen molar-refractivity contribution in [3.63, 3.8) is 0 Å². The van der Waals surface area contributed by atoms with Gasteiger partial charge in [0.1, 0.15) is 5.82 Å². The summed E-state index contributed by atoms with van der Waals surface area (Å²) >= 11 is 0. The Balaban J connectivity index is 2.01. The molecule has 3 unspecified atom stereocenters. The molecule has 1 aliphatic heterocycles. The summed E-state index contributed by atoms with van der Waals surface area (Å²) in [5.74, 6) is 0.578. The fraction of sp³-hybridized carbons (Fsp3) is 0.542. The summed E-state index contributed by atoms with van der Waals surface area (Å²) in [4.78, 5) is 31.5. The molecule has 38 heavy (non-hydrogen) atoms. The Morgan fingerprint density at radius 3 is 2.11 bits per heavy atom. The summed E-state index contributed by atoms with van der Waals surface area (Å²) < 4.78 is 86.9. The van der Waals surface area contributed by atoms with E-state index in [1.54, 1.807) is 30.9 Å². The number of aromatic nitrogens is 2. The molecule has 210 valence electrons. The first kappa shape index (κ1) is 29.1. The summed E-state index contributed by atoms with van der Waals surface area (Å²) in [5.41, 5.74) is -3.37. The van der Waals surface area contributed by atoms with Crippen LogP contribution in [0.25, 0.3) is 0 Å². The van der Waals surface area contributed by atoms with Gasteiger partial charge in [-0.15, -0.1) is 0 Å². The minimum absolute atomic E-state index is 0.0212. The van der Waals surface area contributed by atoms with Gasteiger partial charge in [-0.05, 0) is 43.0 Å². The second kappa shape index (κ2) is 11.1. The zero-order valence-corrected chi connectivity index (χ0v) is 20.9. The molecular formula is C24H28F6N4O4. The number of alkyl halides is 6. The summed E-state index contributed by atoms with van der Waals surface area (Å²) in [6, 6.07) is -0.780. The third kappa shape index (κ3) is 6.51. The van der Waals surface area contributed by atoms with Gasteiger partial charge in [0.15, 0.2) is 0 Å². The fourth-order valence-corrected chi connectivity index (χ4v) is 4.93. The van der Waals surface area contributed by atoms with Crippen LogP contribution in [0.15, 0.2) is 30.6 Å². The van der Waals surface area contributed by atoms with E-state index in [4.69, 9.17) is 4.74 Å². The Bertz CT molecular complexity index is 1120. The molecular weight excluding hydrogens is 522 g/mol. The number of benzene rings is 1. The number of halogens is 6. The molecule has 8 nitrogen and oxygen atoms in total. The molecule has 0 spiro atoms. The van der Waals surface area contributed by atoms with Crippen molar-refractivity contribution < 1.29 is 45.8 Å². The Labute approximate surface area is 214 Å². The van der Waals surface area contributed by atoms with Crippen LogP contribution in [0.5, 0.6) is 0 Å². The molecule has 3 atom stereocenters. The quantitative estimate of drug-likeness (QED) is 0.476. The van der Waals surface area contributed by atoms with Gasteiger partial charge in [-0.25, -0.2) is 14.6 Å². The molecule has 0 aliphatic carbocycles. The average molecular weight is 551 g/mol. The van der Waals surface area contributed by atoms with Gasteiger partial charge >= 0.3 is 24.5 Å². The van der Waals surface area contributed by atoms with E-state index >= 15 is 0 Å². The lowest BCUT2D eigenvalue weighted by atomic mass is 9.87. The van der Waals surface area contributed by atoms with Crippen LogP contribution in [0.2, 0.25) is 0 Å². The molecule has 0 bridgehead atoms. The zero-order valence-electron chi connectivity index (χ0n) is 20.9. The van der Waals surface area contributed by atoms with Crippen LogP contribution >= 0.6 is 0 Å². The van der Waals surface area contributed by atoms with Crippen molar-refractivity contribution in [1.29, 1.82) is 0 Å². The van der Waals surface area contributed by atoms with Gasteiger partial charge < -0.3 is 24.2 Å². The summed E-state index contributed by atoms with van der Waals surface area (Å²) in [7, 11) is 2.79. The largest absolute Gasteiger partial charge is 0.465 e. The van der Waals surface area contributed by atoms with E-state index in [9.17, 15) is 41.0 Å². The maximum Gasteiger partial charge on any atom is 0.416 e. The van der Waals surface area contributed by atoms with Gasteiger partial charge in [0.25, 0.3) is 0 Å². The number of aryl methyl sites for hydroxylation is 1. The maximum absolute atomic E-state index is 13.4. The number of imidazole rings is 1. The van der Waals surface area contributed by atoms with E-state index in [0.717, 1.165) is 12.0 Å². The Kier molecular flexibility index (Phi) is 8.52. The molecule has 1 aromatic heterocycles. The highest BCUT2D eigenvalue weighted by Crippen LogP contribution is 2.37. The lowest BCUT2D eigenvalue weighted by Gasteiger charge is -2.46. The molecule has 2 aromatic rings. The summed E-state index contributed by atoms with van der Waals surface area (Å²) in [6.45, 7) is 1.16. The predicted molar refractivity (Wildman–Crippen MR) is 122 cm³/mol. The number of rotatable bonds is 6. The minimum Gasteiger partial charge on any atom is -0.465 e. The average Bonchev–Trinajstić information content (AvgIpc) is 3.24. The lowest BCUT2D eigenvalue weighted by molar-refractivity contribution is -0.143.